The van der Waals surface area contributed by atoms with Gasteiger partial charge in [-0.25, -0.2) is 4.79 Å². The Morgan fingerprint density at radius 1 is 1.50 bits per heavy atom. The third-order valence-electron chi connectivity index (χ3n) is 1.62. The van der Waals surface area contributed by atoms with Crippen LogP contribution in [-0.4, -0.2) is 17.7 Å². The lowest BCUT2D eigenvalue weighted by molar-refractivity contribution is 0.254. The van der Waals surface area contributed by atoms with Crippen LogP contribution in [-0.2, 0) is 6.42 Å². The fraction of sp³-hybridized carbons (Fsp3) is 0.222. The predicted octanol–water partition coefficient (Wildman–Crippen LogP) is 0.897. The number of nitrogens with two attached hydrogens (primary N) is 1. The van der Waals surface area contributed by atoms with Gasteiger partial charge in [-0.15, -0.1) is 0 Å². The largest absolute Gasteiger partial charge is 0.396 e. The van der Waals surface area contributed by atoms with E-state index in [0.29, 0.717) is 6.42 Å². The zero-order valence-corrected chi connectivity index (χ0v) is 8.38. The van der Waals surface area contributed by atoms with Crippen molar-refractivity contribution in [1.82, 2.24) is 4.72 Å². The Morgan fingerprint density at radius 3 is 2.86 bits per heavy atom. The van der Waals surface area contributed by atoms with Gasteiger partial charge in [0.2, 0.25) is 0 Å². The molecular formula is C9H12N2O2S. The second-order valence-electron chi connectivity index (χ2n) is 2.65. The first kappa shape index (κ1) is 10.9. The molecule has 4 N–H and O–H groups in total. The van der Waals surface area contributed by atoms with Crippen LogP contribution >= 0.6 is 11.9 Å². The highest BCUT2D eigenvalue weighted by Crippen LogP contribution is 2.19. The molecule has 0 unspecified atom stereocenters. The first-order valence-corrected chi connectivity index (χ1v) is 4.96. The Morgan fingerprint density at radius 2 is 2.21 bits per heavy atom. The van der Waals surface area contributed by atoms with Gasteiger partial charge in [0.15, 0.2) is 0 Å². The van der Waals surface area contributed by atoms with Crippen LogP contribution in [0, 0.1) is 0 Å². The van der Waals surface area contributed by atoms with E-state index in [9.17, 15) is 4.79 Å². The average Bonchev–Trinajstić information content (AvgIpc) is 2.17. The predicted molar refractivity (Wildman–Crippen MR) is 55.8 cm³/mol. The van der Waals surface area contributed by atoms with Crippen molar-refractivity contribution in [3.63, 3.8) is 0 Å². The molecule has 0 spiro atoms. The van der Waals surface area contributed by atoms with E-state index in [1.54, 1.807) is 0 Å². The molecule has 0 bridgehead atoms. The highest BCUT2D eigenvalue weighted by molar-refractivity contribution is 7.98. The van der Waals surface area contributed by atoms with Gasteiger partial charge < -0.3 is 10.8 Å². The number of hydrogen-bond donors (Lipinski definition) is 3. The molecule has 0 aliphatic carbocycles. The molecule has 5 heteroatoms. The third-order valence-corrected chi connectivity index (χ3v) is 2.54. The molecule has 0 radical (unpaired) electrons. The molecular weight excluding hydrogens is 200 g/mol. The first-order chi connectivity index (χ1) is 6.74. The molecule has 2 amide bonds. The summed E-state index contributed by atoms with van der Waals surface area (Å²) in [6, 6.07) is 6.95. The van der Waals surface area contributed by atoms with Crippen molar-refractivity contribution in [1.29, 1.82) is 0 Å². The molecule has 0 atom stereocenters. The Bertz CT molecular complexity index is 317. The molecule has 0 fully saturated rings. The van der Waals surface area contributed by atoms with E-state index in [-0.39, 0.29) is 6.61 Å². The molecule has 0 aliphatic rings. The number of nitrogens with one attached hydrogen (secondary N) is 1. The molecule has 0 aliphatic heterocycles. The van der Waals surface area contributed by atoms with Crippen LogP contribution in [0.25, 0.3) is 0 Å². The molecule has 1 rings (SSSR count). The number of carbonyl (C=O) groups is 1. The van der Waals surface area contributed by atoms with Gasteiger partial charge in [-0.3, -0.25) is 4.72 Å². The minimum absolute atomic E-state index is 0.0914. The minimum atomic E-state index is -0.575. The summed E-state index contributed by atoms with van der Waals surface area (Å²) in [6.07, 6.45) is 0.573. The van der Waals surface area contributed by atoms with Gasteiger partial charge in [-0.1, -0.05) is 18.2 Å². The summed E-state index contributed by atoms with van der Waals surface area (Å²) in [5.41, 5.74) is 5.94. The number of hydrogen-bond acceptors (Lipinski definition) is 3. The Labute approximate surface area is 86.6 Å². The molecule has 0 saturated heterocycles. The van der Waals surface area contributed by atoms with Crippen molar-refractivity contribution in [2.75, 3.05) is 6.61 Å². The van der Waals surface area contributed by atoms with Crippen LogP contribution in [0.4, 0.5) is 4.79 Å². The van der Waals surface area contributed by atoms with E-state index < -0.39 is 6.03 Å². The monoisotopic (exact) mass is 212 g/mol. The molecule has 14 heavy (non-hydrogen) atoms. The molecule has 4 nitrogen and oxygen atoms in total. The van der Waals surface area contributed by atoms with E-state index in [1.807, 2.05) is 24.3 Å². The lowest BCUT2D eigenvalue weighted by Gasteiger charge is -2.06. The van der Waals surface area contributed by atoms with Gasteiger partial charge in [0.25, 0.3) is 0 Å². The minimum Gasteiger partial charge on any atom is -0.396 e. The second kappa shape index (κ2) is 5.51. The Hall–Kier alpha value is -1.20. The van der Waals surface area contributed by atoms with Gasteiger partial charge >= 0.3 is 6.03 Å². The van der Waals surface area contributed by atoms with Gasteiger partial charge in [-0.05, 0) is 30.0 Å². The van der Waals surface area contributed by atoms with Crippen LogP contribution < -0.4 is 10.5 Å². The summed E-state index contributed by atoms with van der Waals surface area (Å²) in [6.45, 7) is 0.0914. The quantitative estimate of drug-likeness (QED) is 0.649. The number of aliphatic hydroxyl groups excluding tert-OH is 1. The Kier molecular flexibility index (Phi) is 4.28. The van der Waals surface area contributed by atoms with Crippen molar-refractivity contribution in [2.45, 2.75) is 11.3 Å². The van der Waals surface area contributed by atoms with E-state index >= 15 is 0 Å². The summed E-state index contributed by atoms with van der Waals surface area (Å²) < 4.78 is 2.43. The summed E-state index contributed by atoms with van der Waals surface area (Å²) in [4.78, 5) is 11.4. The number of primary amides is 1. The number of benzene rings is 1. The first-order valence-electron chi connectivity index (χ1n) is 4.15. The number of rotatable bonds is 4. The SMILES string of the molecule is NC(=O)NSc1ccccc1CCO. The van der Waals surface area contributed by atoms with Crippen molar-refractivity contribution in [3.05, 3.63) is 29.8 Å². The van der Waals surface area contributed by atoms with Crippen LogP contribution in [0.3, 0.4) is 0 Å². The van der Waals surface area contributed by atoms with E-state index in [0.717, 1.165) is 22.4 Å². The summed E-state index contributed by atoms with van der Waals surface area (Å²) in [5, 5.41) is 8.80. The third kappa shape index (κ3) is 3.27. The van der Waals surface area contributed by atoms with Crippen molar-refractivity contribution >= 4 is 18.0 Å². The fourth-order valence-corrected chi connectivity index (χ4v) is 1.69. The lowest BCUT2D eigenvalue weighted by atomic mass is 10.2. The summed E-state index contributed by atoms with van der Waals surface area (Å²) in [7, 11) is 0. The van der Waals surface area contributed by atoms with Crippen molar-refractivity contribution in [3.8, 4) is 0 Å². The highest BCUT2D eigenvalue weighted by Gasteiger charge is 2.02. The highest BCUT2D eigenvalue weighted by atomic mass is 32.2. The van der Waals surface area contributed by atoms with Crippen LogP contribution in [0.1, 0.15) is 5.56 Å². The fourth-order valence-electron chi connectivity index (χ4n) is 1.04. The van der Waals surface area contributed by atoms with Gasteiger partial charge in [0, 0.05) is 11.5 Å². The van der Waals surface area contributed by atoms with E-state index in [4.69, 9.17) is 10.8 Å². The van der Waals surface area contributed by atoms with Gasteiger partial charge in [0.1, 0.15) is 0 Å². The van der Waals surface area contributed by atoms with Gasteiger partial charge in [0.05, 0.1) is 0 Å². The number of urea groups is 1. The molecule has 0 aromatic heterocycles. The maximum Gasteiger partial charge on any atom is 0.322 e. The van der Waals surface area contributed by atoms with Gasteiger partial charge in [-0.2, -0.15) is 0 Å². The van der Waals surface area contributed by atoms with Crippen LogP contribution in [0.15, 0.2) is 29.2 Å². The molecule has 1 aromatic carbocycles. The average molecular weight is 212 g/mol. The lowest BCUT2D eigenvalue weighted by Crippen LogP contribution is -2.22. The summed E-state index contributed by atoms with van der Waals surface area (Å²) in [5.74, 6) is 0. The number of carbonyl (C=O) groups excluding carboxylic acids is 1. The zero-order chi connectivity index (χ0) is 10.4. The zero-order valence-electron chi connectivity index (χ0n) is 7.56. The maximum absolute atomic E-state index is 10.5. The van der Waals surface area contributed by atoms with Crippen LogP contribution in [0.5, 0.6) is 0 Å². The summed E-state index contributed by atoms with van der Waals surface area (Å²) >= 11 is 1.16. The normalized spacial score (nSPS) is 9.79. The van der Waals surface area contributed by atoms with Crippen LogP contribution in [0.2, 0.25) is 0 Å². The van der Waals surface area contributed by atoms with Crippen molar-refractivity contribution in [2.24, 2.45) is 5.73 Å². The maximum atomic E-state index is 10.5. The Balaban J connectivity index is 2.68. The van der Waals surface area contributed by atoms with E-state index in [1.165, 1.54) is 0 Å². The van der Waals surface area contributed by atoms with Crippen molar-refractivity contribution < 1.29 is 9.90 Å². The second-order valence-corrected chi connectivity index (χ2v) is 3.50. The molecule has 1 aromatic rings. The molecule has 0 heterocycles. The molecule has 0 saturated carbocycles. The standard InChI is InChI=1S/C9H12N2O2S/c10-9(13)11-14-8-4-2-1-3-7(8)5-6-12/h1-4,12H,5-6H2,(H3,10,11,13). The smallest absolute Gasteiger partial charge is 0.322 e. The topological polar surface area (TPSA) is 75.4 Å². The number of amides is 2. The molecule has 76 valence electrons. The van der Waals surface area contributed by atoms with E-state index in [2.05, 4.69) is 4.72 Å². The number of aliphatic hydroxyl groups is 1.